The summed E-state index contributed by atoms with van der Waals surface area (Å²) in [6.07, 6.45) is 0. The molecule has 1 aromatic heterocycles. The number of ether oxygens (including phenoxy) is 1. The van der Waals surface area contributed by atoms with Gasteiger partial charge in [-0.2, -0.15) is 0 Å². The molecule has 3 aromatic rings. The number of benzene rings is 2. The van der Waals surface area contributed by atoms with Gasteiger partial charge in [0.2, 0.25) is 5.91 Å². The molecular weight excluding hydrogens is 515 g/mol. The van der Waals surface area contributed by atoms with Crippen molar-refractivity contribution in [3.8, 4) is 0 Å². The molecule has 2 heterocycles. The van der Waals surface area contributed by atoms with Gasteiger partial charge in [0.25, 0.3) is 0 Å². The van der Waals surface area contributed by atoms with E-state index in [0.29, 0.717) is 39.4 Å². The van der Waals surface area contributed by atoms with Crippen molar-refractivity contribution in [2.45, 2.75) is 33.9 Å². The van der Waals surface area contributed by atoms with Gasteiger partial charge in [0.15, 0.2) is 0 Å². The highest BCUT2D eigenvalue weighted by molar-refractivity contribution is 7.10. The molecule has 1 fully saturated rings. The summed E-state index contributed by atoms with van der Waals surface area (Å²) in [4.78, 5) is 34.0. The number of hydrogen-bond acceptors (Lipinski definition) is 5. The van der Waals surface area contributed by atoms with Gasteiger partial charge < -0.3 is 19.9 Å². The molecule has 0 saturated carbocycles. The summed E-state index contributed by atoms with van der Waals surface area (Å²) >= 11 is 1.60. The van der Waals surface area contributed by atoms with Crippen LogP contribution in [0.2, 0.25) is 0 Å². The maximum atomic E-state index is 13.8. The Balaban J connectivity index is 1.53. The molecule has 2 aromatic carbocycles. The number of carbonyl (C=O) groups is 2. The summed E-state index contributed by atoms with van der Waals surface area (Å²) in [5, 5.41) is 5.04. The van der Waals surface area contributed by atoms with Gasteiger partial charge in [-0.15, -0.1) is 11.3 Å². The molecule has 0 aliphatic carbocycles. The predicted octanol–water partition coefficient (Wildman–Crippen LogP) is 5.21. The van der Waals surface area contributed by atoms with Crippen LogP contribution in [0.5, 0.6) is 0 Å². The number of rotatable bonds is 10. The largest absolute Gasteiger partial charge is 0.379 e. The maximum Gasteiger partial charge on any atom is 0.322 e. The van der Waals surface area contributed by atoms with Crippen LogP contribution in [0.1, 0.15) is 27.1 Å². The van der Waals surface area contributed by atoms with Gasteiger partial charge in [-0.1, -0.05) is 24.3 Å². The third kappa shape index (κ3) is 8.11. The van der Waals surface area contributed by atoms with Gasteiger partial charge in [0.05, 0.1) is 19.8 Å². The lowest BCUT2D eigenvalue weighted by Crippen LogP contribution is -2.48. The third-order valence-corrected chi connectivity index (χ3v) is 8.20. The fourth-order valence-corrected chi connectivity index (χ4v) is 5.39. The summed E-state index contributed by atoms with van der Waals surface area (Å²) in [5.74, 6) is -0.478. The number of aryl methyl sites for hydroxylation is 2. The molecule has 4 rings (SSSR count). The van der Waals surface area contributed by atoms with E-state index in [-0.39, 0.29) is 24.3 Å². The van der Waals surface area contributed by atoms with Gasteiger partial charge in [-0.25, -0.2) is 9.18 Å². The summed E-state index contributed by atoms with van der Waals surface area (Å²) in [5.41, 5.74) is 4.77. The van der Waals surface area contributed by atoms with Crippen LogP contribution in [0.3, 0.4) is 0 Å². The molecule has 0 spiro atoms. The van der Waals surface area contributed by atoms with Crippen LogP contribution in [0.4, 0.5) is 14.9 Å². The molecule has 39 heavy (non-hydrogen) atoms. The standard InChI is InChI=1S/C30H37FN4O3S/c1-22-5-4-6-27(24(22)3)32-30(37)34(13-12-33-14-16-38-17-15-33)21-29(36)35(20-28-23(2)11-18-39-28)19-25-7-9-26(31)10-8-25/h4-11,18H,12-17,19-21H2,1-3H3,(H,32,37). The molecule has 0 bridgehead atoms. The first-order valence-electron chi connectivity index (χ1n) is 13.3. The molecular formula is C30H37FN4O3S. The lowest BCUT2D eigenvalue weighted by molar-refractivity contribution is -0.133. The number of nitrogens with zero attached hydrogens (tertiary/aromatic N) is 3. The first kappa shape index (κ1) is 28.7. The first-order chi connectivity index (χ1) is 18.8. The van der Waals surface area contributed by atoms with Crippen LogP contribution >= 0.6 is 11.3 Å². The van der Waals surface area contributed by atoms with Gasteiger partial charge in [0.1, 0.15) is 12.4 Å². The van der Waals surface area contributed by atoms with Crippen molar-refractivity contribution in [2.75, 3.05) is 51.3 Å². The van der Waals surface area contributed by atoms with Gasteiger partial charge in [0, 0.05) is 43.3 Å². The minimum absolute atomic E-state index is 0.0628. The number of nitrogens with one attached hydrogen (secondary N) is 1. The number of halogens is 1. The second kappa shape index (κ2) is 13.7. The van der Waals surface area contributed by atoms with E-state index >= 15 is 0 Å². The van der Waals surface area contributed by atoms with E-state index in [1.807, 2.05) is 50.4 Å². The van der Waals surface area contributed by atoms with Gasteiger partial charge in [-0.05, 0) is 72.7 Å². The zero-order chi connectivity index (χ0) is 27.8. The summed E-state index contributed by atoms with van der Waals surface area (Å²) in [6.45, 7) is 10.7. The molecule has 208 valence electrons. The second-order valence-electron chi connectivity index (χ2n) is 9.96. The number of morpholine rings is 1. The molecule has 3 amide bonds. The van der Waals surface area contributed by atoms with Crippen molar-refractivity contribution in [1.82, 2.24) is 14.7 Å². The molecule has 1 N–H and O–H groups in total. The highest BCUT2D eigenvalue weighted by Gasteiger charge is 2.24. The molecule has 9 heteroatoms. The van der Waals surface area contributed by atoms with Gasteiger partial charge >= 0.3 is 6.03 Å². The smallest absolute Gasteiger partial charge is 0.322 e. The zero-order valence-corrected chi connectivity index (χ0v) is 23.7. The van der Waals surface area contributed by atoms with E-state index < -0.39 is 0 Å². The van der Waals surface area contributed by atoms with E-state index in [9.17, 15) is 14.0 Å². The summed E-state index contributed by atoms with van der Waals surface area (Å²) in [6, 6.07) is 13.7. The van der Waals surface area contributed by atoms with E-state index in [1.165, 1.54) is 12.1 Å². The van der Waals surface area contributed by atoms with Crippen molar-refractivity contribution < 1.29 is 18.7 Å². The predicted molar refractivity (Wildman–Crippen MR) is 153 cm³/mol. The molecule has 1 aliphatic rings. The van der Waals surface area contributed by atoms with E-state index in [0.717, 1.165) is 45.9 Å². The Bertz CT molecular complexity index is 1260. The Labute approximate surface area is 234 Å². The van der Waals surface area contributed by atoms with Crippen molar-refractivity contribution in [3.63, 3.8) is 0 Å². The fourth-order valence-electron chi connectivity index (χ4n) is 4.47. The SMILES string of the molecule is Cc1ccsc1CN(Cc1ccc(F)cc1)C(=O)CN(CCN1CCOCC1)C(=O)Nc1cccc(C)c1C. The van der Waals surface area contributed by atoms with E-state index in [1.54, 1.807) is 33.3 Å². The molecule has 1 saturated heterocycles. The Morgan fingerprint density at radius 3 is 2.41 bits per heavy atom. The Morgan fingerprint density at radius 1 is 0.974 bits per heavy atom. The maximum absolute atomic E-state index is 13.8. The number of carbonyl (C=O) groups excluding carboxylic acids is 2. The molecule has 0 unspecified atom stereocenters. The number of anilines is 1. The van der Waals surface area contributed by atoms with E-state index in [2.05, 4.69) is 10.2 Å². The van der Waals surface area contributed by atoms with Crippen LogP contribution < -0.4 is 5.32 Å². The highest BCUT2D eigenvalue weighted by Crippen LogP contribution is 2.21. The van der Waals surface area contributed by atoms with E-state index in [4.69, 9.17) is 4.74 Å². The molecule has 7 nitrogen and oxygen atoms in total. The number of thiophene rings is 1. The molecule has 1 aliphatic heterocycles. The van der Waals surface area contributed by atoms with Crippen LogP contribution in [0.25, 0.3) is 0 Å². The quantitative estimate of drug-likeness (QED) is 0.375. The fraction of sp³-hybridized carbons (Fsp3) is 0.400. The normalized spacial score (nSPS) is 13.7. The first-order valence-corrected chi connectivity index (χ1v) is 14.2. The number of hydrogen-bond donors (Lipinski definition) is 1. The van der Waals surface area contributed by atoms with Crippen molar-refractivity contribution in [2.24, 2.45) is 0 Å². The van der Waals surface area contributed by atoms with Crippen LogP contribution in [-0.2, 0) is 22.6 Å². The Kier molecular flexibility index (Phi) is 10.1. The highest BCUT2D eigenvalue weighted by atomic mass is 32.1. The van der Waals surface area contributed by atoms with Crippen molar-refractivity contribution in [3.05, 3.63) is 86.9 Å². The topological polar surface area (TPSA) is 65.1 Å². The van der Waals surface area contributed by atoms with Crippen LogP contribution in [0, 0.1) is 26.6 Å². The van der Waals surface area contributed by atoms with Gasteiger partial charge in [-0.3, -0.25) is 9.69 Å². The van der Waals surface area contributed by atoms with Crippen LogP contribution in [-0.4, -0.2) is 72.6 Å². The minimum atomic E-state index is -0.317. The number of urea groups is 1. The van der Waals surface area contributed by atoms with Crippen molar-refractivity contribution in [1.29, 1.82) is 0 Å². The molecule has 0 radical (unpaired) electrons. The Hall–Kier alpha value is -3.27. The monoisotopic (exact) mass is 552 g/mol. The second-order valence-corrected chi connectivity index (χ2v) is 11.0. The average Bonchev–Trinajstić information content (AvgIpc) is 3.34. The summed E-state index contributed by atoms with van der Waals surface area (Å²) < 4.78 is 19.0. The van der Waals surface area contributed by atoms with Crippen molar-refractivity contribution >= 4 is 29.0 Å². The number of amides is 3. The minimum Gasteiger partial charge on any atom is -0.379 e. The van der Waals surface area contributed by atoms with Crippen LogP contribution in [0.15, 0.2) is 53.9 Å². The lowest BCUT2D eigenvalue weighted by atomic mass is 10.1. The average molecular weight is 553 g/mol. The Morgan fingerprint density at radius 2 is 1.72 bits per heavy atom. The third-order valence-electron chi connectivity index (χ3n) is 7.19. The zero-order valence-electron chi connectivity index (χ0n) is 22.9. The summed E-state index contributed by atoms with van der Waals surface area (Å²) in [7, 11) is 0. The molecule has 0 atom stereocenters. The lowest BCUT2D eigenvalue weighted by Gasteiger charge is -2.31.